The normalized spacial score (nSPS) is 13.5. The van der Waals surface area contributed by atoms with Gasteiger partial charge in [-0.25, -0.2) is 9.78 Å². The van der Waals surface area contributed by atoms with Crippen molar-refractivity contribution < 1.29 is 14.3 Å². The number of para-hydroxylation sites is 3. The van der Waals surface area contributed by atoms with Crippen LogP contribution in [0.2, 0.25) is 0 Å². The summed E-state index contributed by atoms with van der Waals surface area (Å²) in [4.78, 5) is 36.9. The minimum absolute atomic E-state index is 0.0324. The maximum atomic E-state index is 13.2. The Bertz CT molecular complexity index is 1250. The lowest BCUT2D eigenvalue weighted by atomic mass is 10.1. The number of anilines is 2. The first-order chi connectivity index (χ1) is 18.3. The van der Waals surface area contributed by atoms with Gasteiger partial charge in [0.1, 0.15) is 16.5 Å². The number of carbonyl (C=O) groups excluding carboxylic acids is 2. The molecule has 0 spiro atoms. The first kappa shape index (κ1) is 27.4. The van der Waals surface area contributed by atoms with Gasteiger partial charge in [0.2, 0.25) is 0 Å². The molecule has 0 unspecified atom stereocenters. The van der Waals surface area contributed by atoms with Crippen LogP contribution in [0.25, 0.3) is 0 Å². The zero-order valence-electron chi connectivity index (χ0n) is 22.9. The largest absolute Gasteiger partial charge is 0.492 e. The summed E-state index contributed by atoms with van der Waals surface area (Å²) in [6.07, 6.45) is 0. The van der Waals surface area contributed by atoms with Gasteiger partial charge in [0, 0.05) is 43.3 Å². The first-order valence-electron chi connectivity index (χ1n) is 13.1. The van der Waals surface area contributed by atoms with Crippen molar-refractivity contribution in [3.63, 3.8) is 0 Å². The van der Waals surface area contributed by atoms with Crippen molar-refractivity contribution in [2.45, 2.75) is 47.2 Å². The second-order valence-electron chi connectivity index (χ2n) is 9.73. The maximum absolute atomic E-state index is 13.2. The van der Waals surface area contributed by atoms with Crippen molar-refractivity contribution in [3.05, 3.63) is 69.7 Å². The lowest BCUT2D eigenvalue weighted by molar-refractivity contribution is 0.0741. The third-order valence-corrected chi connectivity index (χ3v) is 7.58. The number of thiazole rings is 1. The summed E-state index contributed by atoms with van der Waals surface area (Å²) < 4.78 is 5.78. The predicted octanol–water partition coefficient (Wildman–Crippen LogP) is 5.56. The summed E-state index contributed by atoms with van der Waals surface area (Å²) in [6.45, 7) is 13.5. The Kier molecular flexibility index (Phi) is 8.89. The highest BCUT2D eigenvalue weighted by Gasteiger charge is 2.26. The number of hydrogen-bond acceptors (Lipinski definition) is 6. The van der Waals surface area contributed by atoms with Crippen LogP contribution in [0, 0.1) is 13.8 Å². The molecule has 1 saturated heterocycles. The standard InChI is InChI=1S/C29H37N5O3S/c1-6-37-25-13-8-7-12-24(25)32-14-16-33(17-15-32)28(35)23-19-38-26(30-23)18-34(20(2)3)29(36)31-27-21(4)10-9-11-22(27)5/h7-13,19-20H,6,14-18H2,1-5H3,(H,31,36). The fraction of sp³-hybridized carbons (Fsp3) is 0.414. The summed E-state index contributed by atoms with van der Waals surface area (Å²) in [6, 6.07) is 13.8. The number of nitrogens with zero attached hydrogens (tertiary/aromatic N) is 4. The van der Waals surface area contributed by atoms with Crippen molar-refractivity contribution in [2.24, 2.45) is 0 Å². The van der Waals surface area contributed by atoms with Crippen molar-refractivity contribution in [3.8, 4) is 5.75 Å². The molecule has 0 aliphatic carbocycles. The molecule has 38 heavy (non-hydrogen) atoms. The van der Waals surface area contributed by atoms with Gasteiger partial charge in [0.15, 0.2) is 0 Å². The van der Waals surface area contributed by atoms with Gasteiger partial charge in [-0.15, -0.1) is 11.3 Å². The van der Waals surface area contributed by atoms with E-state index in [0.29, 0.717) is 31.9 Å². The van der Waals surface area contributed by atoms with Crippen molar-refractivity contribution in [1.29, 1.82) is 0 Å². The van der Waals surface area contributed by atoms with E-state index < -0.39 is 0 Å². The van der Waals surface area contributed by atoms with Crippen LogP contribution in [0.3, 0.4) is 0 Å². The van der Waals surface area contributed by atoms with Crippen LogP contribution < -0.4 is 15.0 Å². The molecule has 1 aromatic heterocycles. The van der Waals surface area contributed by atoms with Crippen LogP contribution in [-0.2, 0) is 6.54 Å². The van der Waals surface area contributed by atoms with Gasteiger partial charge in [-0.3, -0.25) is 4.79 Å². The summed E-state index contributed by atoms with van der Waals surface area (Å²) >= 11 is 1.42. The van der Waals surface area contributed by atoms with Gasteiger partial charge in [-0.2, -0.15) is 0 Å². The number of nitrogens with one attached hydrogen (secondary N) is 1. The monoisotopic (exact) mass is 535 g/mol. The Morgan fingerprint density at radius 2 is 1.74 bits per heavy atom. The van der Waals surface area contributed by atoms with E-state index >= 15 is 0 Å². The average Bonchev–Trinajstić information content (AvgIpc) is 3.38. The topological polar surface area (TPSA) is 78.0 Å². The smallest absolute Gasteiger partial charge is 0.322 e. The quantitative estimate of drug-likeness (QED) is 0.408. The molecule has 202 valence electrons. The number of amides is 3. The number of rotatable bonds is 8. The van der Waals surface area contributed by atoms with Gasteiger partial charge in [0.05, 0.1) is 18.8 Å². The molecule has 0 atom stereocenters. The molecule has 9 heteroatoms. The number of urea groups is 1. The highest BCUT2D eigenvalue weighted by Crippen LogP contribution is 2.29. The molecule has 8 nitrogen and oxygen atoms in total. The molecule has 0 radical (unpaired) electrons. The third-order valence-electron chi connectivity index (χ3n) is 6.75. The Morgan fingerprint density at radius 1 is 1.05 bits per heavy atom. The van der Waals surface area contributed by atoms with Crippen LogP contribution in [0.15, 0.2) is 47.8 Å². The van der Waals surface area contributed by atoms with Crippen molar-refractivity contribution in [2.75, 3.05) is 43.0 Å². The lowest BCUT2D eigenvalue weighted by Crippen LogP contribution is -2.49. The summed E-state index contributed by atoms with van der Waals surface area (Å²) in [5, 5.41) is 5.61. The van der Waals surface area contributed by atoms with Gasteiger partial charge >= 0.3 is 6.03 Å². The molecule has 2 aromatic carbocycles. The van der Waals surface area contributed by atoms with E-state index in [2.05, 4.69) is 21.3 Å². The molecular weight excluding hydrogens is 498 g/mol. The van der Waals surface area contributed by atoms with E-state index in [1.165, 1.54) is 11.3 Å². The molecular formula is C29H37N5O3S. The molecule has 1 N–H and O–H groups in total. The first-order valence-corrected chi connectivity index (χ1v) is 14.0. The minimum atomic E-state index is -0.177. The fourth-order valence-corrected chi connectivity index (χ4v) is 5.38. The van der Waals surface area contributed by atoms with E-state index in [9.17, 15) is 9.59 Å². The van der Waals surface area contributed by atoms with Crippen LogP contribution >= 0.6 is 11.3 Å². The molecule has 3 amide bonds. The highest BCUT2D eigenvalue weighted by atomic mass is 32.1. The van der Waals surface area contributed by atoms with E-state index in [-0.39, 0.29) is 18.0 Å². The zero-order chi connectivity index (χ0) is 27.2. The predicted molar refractivity (Wildman–Crippen MR) is 153 cm³/mol. The summed E-state index contributed by atoms with van der Waals surface area (Å²) in [5.41, 5.74) is 4.37. The molecule has 1 fully saturated rings. The van der Waals surface area contributed by atoms with Crippen molar-refractivity contribution in [1.82, 2.24) is 14.8 Å². The average molecular weight is 536 g/mol. The number of ether oxygens (including phenoxy) is 1. The van der Waals surface area contributed by atoms with Crippen molar-refractivity contribution >= 4 is 34.6 Å². The number of carbonyl (C=O) groups is 2. The number of hydrogen-bond donors (Lipinski definition) is 1. The number of aromatic nitrogens is 1. The zero-order valence-corrected chi connectivity index (χ0v) is 23.7. The van der Waals surface area contributed by atoms with Gasteiger partial charge in [-0.1, -0.05) is 30.3 Å². The Hall–Kier alpha value is -3.59. The van der Waals surface area contributed by atoms with E-state index in [1.54, 1.807) is 10.3 Å². The SMILES string of the molecule is CCOc1ccccc1N1CCN(C(=O)c2csc(CN(C(=O)Nc3c(C)cccc3C)C(C)C)n2)CC1. The highest BCUT2D eigenvalue weighted by molar-refractivity contribution is 7.09. The summed E-state index contributed by atoms with van der Waals surface area (Å²) in [7, 11) is 0. The number of aryl methyl sites for hydroxylation is 2. The molecule has 0 bridgehead atoms. The lowest BCUT2D eigenvalue weighted by Gasteiger charge is -2.36. The van der Waals surface area contributed by atoms with Crippen LogP contribution in [0.4, 0.5) is 16.2 Å². The van der Waals surface area contributed by atoms with E-state index in [4.69, 9.17) is 4.74 Å². The van der Waals surface area contributed by atoms with Gasteiger partial charge < -0.3 is 24.8 Å². The molecule has 3 aromatic rings. The third kappa shape index (κ3) is 6.27. The van der Waals surface area contributed by atoms with Crippen LogP contribution in [0.1, 0.15) is 47.4 Å². The Labute approximate surface area is 229 Å². The molecule has 4 rings (SSSR count). The van der Waals surface area contributed by atoms with E-state index in [1.807, 2.05) is 75.9 Å². The second kappa shape index (κ2) is 12.3. The van der Waals surface area contributed by atoms with Crippen LogP contribution in [0.5, 0.6) is 5.75 Å². The number of piperazine rings is 1. The summed E-state index contributed by atoms with van der Waals surface area (Å²) in [5.74, 6) is 0.802. The molecule has 0 saturated carbocycles. The maximum Gasteiger partial charge on any atom is 0.322 e. The minimum Gasteiger partial charge on any atom is -0.492 e. The Balaban J connectivity index is 1.38. The van der Waals surface area contributed by atoms with Gasteiger partial charge in [0.25, 0.3) is 5.91 Å². The molecule has 1 aliphatic heterocycles. The number of benzene rings is 2. The molecule has 1 aliphatic rings. The molecule has 2 heterocycles. The second-order valence-corrected chi connectivity index (χ2v) is 10.7. The van der Waals surface area contributed by atoms with Gasteiger partial charge in [-0.05, 0) is 57.9 Å². The van der Waals surface area contributed by atoms with E-state index in [0.717, 1.165) is 46.3 Å². The van der Waals surface area contributed by atoms with Crippen LogP contribution in [-0.4, -0.2) is 65.5 Å². The Morgan fingerprint density at radius 3 is 2.39 bits per heavy atom. The fourth-order valence-electron chi connectivity index (χ4n) is 4.62.